The second-order valence-electron chi connectivity index (χ2n) is 8.16. The molecule has 0 bridgehead atoms. The molecule has 2 aromatic rings. The van der Waals surface area contributed by atoms with Crippen LogP contribution in [-0.4, -0.2) is 56.9 Å². The Morgan fingerprint density at radius 1 is 1.03 bits per heavy atom. The molecule has 0 N–H and O–H groups in total. The Morgan fingerprint density at radius 2 is 1.68 bits per heavy atom. The van der Waals surface area contributed by atoms with Crippen molar-refractivity contribution in [3.05, 3.63) is 53.6 Å². The highest BCUT2D eigenvalue weighted by Crippen LogP contribution is 2.31. The second kappa shape index (κ2) is 8.88. The van der Waals surface area contributed by atoms with Crippen LogP contribution in [0.2, 0.25) is 0 Å². The van der Waals surface area contributed by atoms with Crippen molar-refractivity contribution in [2.75, 3.05) is 33.4 Å². The molecule has 7 nitrogen and oxygen atoms in total. The Labute approximate surface area is 183 Å². The monoisotopic (exact) mass is 444 g/mol. The first-order valence-electron chi connectivity index (χ1n) is 10.5. The van der Waals surface area contributed by atoms with Crippen molar-refractivity contribution in [2.45, 2.75) is 31.2 Å². The number of ether oxygens (including phenoxy) is 2. The molecule has 4 rings (SSSR count). The van der Waals surface area contributed by atoms with Crippen LogP contribution in [0, 0.1) is 12.8 Å². The number of nitrogens with zero attached hydrogens (tertiary/aromatic N) is 2. The molecule has 8 heteroatoms. The number of sulfonamides is 1. The third-order valence-electron chi connectivity index (χ3n) is 5.86. The van der Waals surface area contributed by atoms with E-state index in [-0.39, 0.29) is 11.8 Å². The van der Waals surface area contributed by atoms with Gasteiger partial charge in [0.1, 0.15) is 13.2 Å². The van der Waals surface area contributed by atoms with Crippen LogP contribution in [-0.2, 0) is 21.4 Å². The number of rotatable bonds is 5. The van der Waals surface area contributed by atoms with Crippen molar-refractivity contribution >= 4 is 15.9 Å². The molecular formula is C23H28N2O5S. The van der Waals surface area contributed by atoms with Gasteiger partial charge in [0, 0.05) is 32.6 Å². The van der Waals surface area contributed by atoms with Gasteiger partial charge in [-0.15, -0.1) is 0 Å². The first-order valence-corrected chi connectivity index (χ1v) is 12.0. The standard InChI is InChI=1S/C23H28N2O5S/c1-17-3-6-20(7-4-17)31(27,28)25-11-9-19(10-12-25)23(26)24(2)16-18-5-8-21-22(15-18)30-14-13-29-21/h3-8,15,19H,9-14,16H2,1-2H3. The average Bonchev–Trinajstić information content (AvgIpc) is 2.79. The minimum Gasteiger partial charge on any atom is -0.486 e. The highest BCUT2D eigenvalue weighted by Gasteiger charge is 2.33. The van der Waals surface area contributed by atoms with E-state index in [9.17, 15) is 13.2 Å². The molecular weight excluding hydrogens is 416 g/mol. The lowest BCUT2D eigenvalue weighted by Crippen LogP contribution is -2.43. The van der Waals surface area contributed by atoms with Gasteiger partial charge in [-0.05, 0) is 49.6 Å². The highest BCUT2D eigenvalue weighted by atomic mass is 32.2. The van der Waals surface area contributed by atoms with Crippen molar-refractivity contribution in [1.82, 2.24) is 9.21 Å². The van der Waals surface area contributed by atoms with Gasteiger partial charge in [0.05, 0.1) is 4.90 Å². The van der Waals surface area contributed by atoms with Gasteiger partial charge < -0.3 is 14.4 Å². The summed E-state index contributed by atoms with van der Waals surface area (Å²) in [6, 6.07) is 12.6. The first-order chi connectivity index (χ1) is 14.8. The van der Waals surface area contributed by atoms with E-state index in [1.54, 1.807) is 36.2 Å². The summed E-state index contributed by atoms with van der Waals surface area (Å²) in [4.78, 5) is 15.0. The van der Waals surface area contributed by atoms with Gasteiger partial charge in [-0.3, -0.25) is 4.79 Å². The summed E-state index contributed by atoms with van der Waals surface area (Å²) in [6.45, 7) is 4.17. The van der Waals surface area contributed by atoms with Gasteiger partial charge in [-0.25, -0.2) is 8.42 Å². The van der Waals surface area contributed by atoms with Crippen molar-refractivity contribution in [1.29, 1.82) is 0 Å². The zero-order chi connectivity index (χ0) is 22.0. The number of aryl methyl sites for hydroxylation is 1. The van der Waals surface area contributed by atoms with Crippen LogP contribution in [0.1, 0.15) is 24.0 Å². The lowest BCUT2D eigenvalue weighted by atomic mass is 9.96. The molecule has 1 saturated heterocycles. The summed E-state index contributed by atoms with van der Waals surface area (Å²) in [5, 5.41) is 0. The molecule has 0 unspecified atom stereocenters. The predicted molar refractivity (Wildman–Crippen MR) is 117 cm³/mol. The fraction of sp³-hybridized carbons (Fsp3) is 0.435. The molecule has 2 aliphatic rings. The second-order valence-corrected chi connectivity index (χ2v) is 10.1. The molecule has 0 spiro atoms. The Kier molecular flexibility index (Phi) is 6.20. The molecule has 1 amide bonds. The number of piperidine rings is 1. The van der Waals surface area contributed by atoms with Crippen LogP contribution in [0.4, 0.5) is 0 Å². The van der Waals surface area contributed by atoms with E-state index in [0.29, 0.717) is 56.3 Å². The fourth-order valence-corrected chi connectivity index (χ4v) is 5.52. The maximum Gasteiger partial charge on any atom is 0.243 e. The minimum absolute atomic E-state index is 0.0438. The van der Waals surface area contributed by atoms with Crippen molar-refractivity contribution < 1.29 is 22.7 Å². The fourth-order valence-electron chi connectivity index (χ4n) is 4.05. The van der Waals surface area contributed by atoms with E-state index in [1.165, 1.54) is 4.31 Å². The van der Waals surface area contributed by atoms with Crippen LogP contribution in [0.25, 0.3) is 0 Å². The Morgan fingerprint density at radius 3 is 2.35 bits per heavy atom. The van der Waals surface area contributed by atoms with E-state index >= 15 is 0 Å². The number of fused-ring (bicyclic) bond motifs is 1. The predicted octanol–water partition coefficient (Wildman–Crippen LogP) is 2.83. The van der Waals surface area contributed by atoms with Crippen molar-refractivity contribution in [2.24, 2.45) is 5.92 Å². The summed E-state index contributed by atoms with van der Waals surface area (Å²) in [5.41, 5.74) is 1.99. The van der Waals surface area contributed by atoms with Crippen LogP contribution in [0.5, 0.6) is 11.5 Å². The van der Waals surface area contributed by atoms with Crippen molar-refractivity contribution in [3.8, 4) is 11.5 Å². The summed E-state index contributed by atoms with van der Waals surface area (Å²) in [7, 11) is -1.74. The topological polar surface area (TPSA) is 76.2 Å². The highest BCUT2D eigenvalue weighted by molar-refractivity contribution is 7.89. The average molecular weight is 445 g/mol. The van der Waals surface area contributed by atoms with Crippen molar-refractivity contribution in [3.63, 3.8) is 0 Å². The van der Waals surface area contributed by atoms with Crippen LogP contribution < -0.4 is 9.47 Å². The summed E-state index contributed by atoms with van der Waals surface area (Å²) < 4.78 is 38.4. The lowest BCUT2D eigenvalue weighted by molar-refractivity contribution is -0.135. The van der Waals surface area contributed by atoms with Crippen LogP contribution in [0.3, 0.4) is 0 Å². The Hall–Kier alpha value is -2.58. The number of amides is 1. The molecule has 2 aromatic carbocycles. The number of benzene rings is 2. The maximum absolute atomic E-state index is 13.0. The van der Waals surface area contributed by atoms with Gasteiger partial charge in [-0.2, -0.15) is 4.31 Å². The summed E-state index contributed by atoms with van der Waals surface area (Å²) in [6.07, 6.45) is 1.05. The normalized spacial score (nSPS) is 17.4. The van der Waals surface area contributed by atoms with Crippen LogP contribution in [0.15, 0.2) is 47.4 Å². The zero-order valence-electron chi connectivity index (χ0n) is 17.9. The van der Waals surface area contributed by atoms with Gasteiger partial charge in [0.25, 0.3) is 0 Å². The largest absolute Gasteiger partial charge is 0.486 e. The minimum atomic E-state index is -3.52. The van der Waals surface area contributed by atoms with E-state index < -0.39 is 10.0 Å². The summed E-state index contributed by atoms with van der Waals surface area (Å²) in [5.74, 6) is 1.30. The molecule has 0 radical (unpaired) electrons. The molecule has 0 saturated carbocycles. The van der Waals surface area contributed by atoms with E-state index in [4.69, 9.17) is 9.47 Å². The van der Waals surface area contributed by atoms with E-state index in [0.717, 1.165) is 16.9 Å². The maximum atomic E-state index is 13.0. The molecule has 0 aromatic heterocycles. The third-order valence-corrected chi connectivity index (χ3v) is 7.78. The molecule has 31 heavy (non-hydrogen) atoms. The number of carbonyl (C=O) groups is 1. The third kappa shape index (κ3) is 4.70. The molecule has 166 valence electrons. The van der Waals surface area contributed by atoms with E-state index in [1.807, 2.05) is 25.1 Å². The molecule has 0 atom stereocenters. The molecule has 0 aliphatic carbocycles. The Balaban J connectivity index is 1.35. The first kappa shape index (κ1) is 21.6. The zero-order valence-corrected chi connectivity index (χ0v) is 18.7. The lowest BCUT2D eigenvalue weighted by Gasteiger charge is -2.32. The quantitative estimate of drug-likeness (QED) is 0.709. The molecule has 2 aliphatic heterocycles. The van der Waals surface area contributed by atoms with Gasteiger partial charge in [0.2, 0.25) is 15.9 Å². The van der Waals surface area contributed by atoms with Gasteiger partial charge in [-0.1, -0.05) is 23.8 Å². The summed E-state index contributed by atoms with van der Waals surface area (Å²) >= 11 is 0. The number of carbonyl (C=O) groups excluding carboxylic acids is 1. The number of hydrogen-bond acceptors (Lipinski definition) is 5. The SMILES string of the molecule is Cc1ccc(S(=O)(=O)N2CCC(C(=O)N(C)Cc3ccc4c(c3)OCCO4)CC2)cc1. The van der Waals surface area contributed by atoms with Gasteiger partial charge >= 0.3 is 0 Å². The Bertz CT molecular complexity index is 1040. The molecule has 1 fully saturated rings. The van der Waals surface area contributed by atoms with Gasteiger partial charge in [0.15, 0.2) is 11.5 Å². The smallest absolute Gasteiger partial charge is 0.243 e. The molecule has 2 heterocycles. The van der Waals surface area contributed by atoms with E-state index in [2.05, 4.69) is 0 Å². The number of hydrogen-bond donors (Lipinski definition) is 0. The van der Waals surface area contributed by atoms with Crippen LogP contribution >= 0.6 is 0 Å².